The van der Waals surface area contributed by atoms with Crippen molar-refractivity contribution in [3.8, 4) is 0 Å². The van der Waals surface area contributed by atoms with Gasteiger partial charge in [-0.2, -0.15) is 4.57 Å². The fraction of sp³-hybridized carbons (Fsp3) is 0.818. The van der Waals surface area contributed by atoms with Crippen molar-refractivity contribution in [3.05, 3.63) is 30.1 Å². The van der Waals surface area contributed by atoms with Crippen LogP contribution in [0.15, 0.2) is 24.5 Å². The summed E-state index contributed by atoms with van der Waals surface area (Å²) >= 11 is 0. The number of hydrogen-bond donors (Lipinski definition) is 1. The van der Waals surface area contributed by atoms with Gasteiger partial charge < -0.3 is 19.5 Å². The van der Waals surface area contributed by atoms with E-state index in [0.29, 0.717) is 18.9 Å². The van der Waals surface area contributed by atoms with Crippen LogP contribution in [0.4, 0.5) is 0 Å². The van der Waals surface area contributed by atoms with Gasteiger partial charge in [0.25, 0.3) is 12.6 Å². The quantitative estimate of drug-likeness (QED) is 0.0618. The van der Waals surface area contributed by atoms with E-state index in [1.54, 1.807) is 6.07 Å². The molecule has 0 aliphatic carbocycles. The van der Waals surface area contributed by atoms with Gasteiger partial charge in [0, 0.05) is 12.7 Å². The van der Waals surface area contributed by atoms with Crippen LogP contribution in [0, 0.1) is 0 Å². The summed E-state index contributed by atoms with van der Waals surface area (Å²) < 4.78 is 18.6. The smallest absolute Gasteiger partial charge is 0.259 e. The van der Waals surface area contributed by atoms with E-state index in [4.69, 9.17) is 14.2 Å². The third kappa shape index (κ3) is 23.0. The molecule has 0 atom stereocenters. The van der Waals surface area contributed by atoms with Crippen molar-refractivity contribution in [2.24, 2.45) is 0 Å². The molecule has 0 bridgehead atoms. The van der Waals surface area contributed by atoms with Gasteiger partial charge in [0.15, 0.2) is 12.4 Å². The van der Waals surface area contributed by atoms with Crippen molar-refractivity contribution < 1.29 is 23.6 Å². The molecule has 0 aliphatic rings. The zero-order chi connectivity index (χ0) is 28.1. The number of ether oxygens (including phenoxy) is 3. The maximum absolute atomic E-state index is 12.4. The van der Waals surface area contributed by atoms with Crippen LogP contribution < -0.4 is 9.88 Å². The normalized spacial score (nSPS) is 11.2. The minimum Gasteiger partial charge on any atom is -0.355 e. The number of nitrogens with zero attached hydrogens (tertiary/aromatic N) is 1. The lowest BCUT2D eigenvalue weighted by molar-refractivity contribution is -0.732. The summed E-state index contributed by atoms with van der Waals surface area (Å²) in [5, 5.41) is 2.79. The van der Waals surface area contributed by atoms with Gasteiger partial charge in [0.05, 0.1) is 6.61 Å². The minimum absolute atomic E-state index is 0.140. The second-order valence-electron chi connectivity index (χ2n) is 10.9. The Balaban J connectivity index is 1.95. The molecule has 6 heteroatoms. The number of amides is 1. The average molecular weight is 550 g/mol. The summed E-state index contributed by atoms with van der Waals surface area (Å²) in [4.78, 5) is 12.4. The Kier molecular flexibility index (Phi) is 25.5. The highest BCUT2D eigenvalue weighted by atomic mass is 16.7. The molecule has 0 spiro atoms. The standard InChI is InChI=1S/C33H60N2O4/c1-3-5-7-9-11-13-15-17-19-21-26-37-30-35-25-23-24-32(28-35)33(36)34-29-39-31-38-27-22-20-18-16-14-12-10-8-6-4-2/h23-25,28H,3-22,26-27,29-31H2,1-2H3/p+1. The van der Waals surface area contributed by atoms with Crippen molar-refractivity contribution in [3.63, 3.8) is 0 Å². The molecule has 0 aromatic carbocycles. The molecular weight excluding hydrogens is 488 g/mol. The molecule has 1 aromatic heterocycles. The van der Waals surface area contributed by atoms with Crippen LogP contribution >= 0.6 is 0 Å². The molecule has 0 saturated heterocycles. The molecule has 1 aromatic rings. The van der Waals surface area contributed by atoms with Crippen molar-refractivity contribution in [2.75, 3.05) is 26.7 Å². The Morgan fingerprint density at radius 3 is 1.69 bits per heavy atom. The first-order valence-corrected chi connectivity index (χ1v) is 16.3. The first-order chi connectivity index (χ1) is 19.3. The predicted molar refractivity (Wildman–Crippen MR) is 161 cm³/mol. The van der Waals surface area contributed by atoms with Crippen molar-refractivity contribution in [1.29, 1.82) is 0 Å². The van der Waals surface area contributed by atoms with Crippen LogP contribution in [0.1, 0.15) is 153 Å². The molecule has 1 rings (SSSR count). The van der Waals surface area contributed by atoms with Gasteiger partial charge >= 0.3 is 0 Å². The Morgan fingerprint density at radius 2 is 1.15 bits per heavy atom. The van der Waals surface area contributed by atoms with Crippen LogP contribution in [0.3, 0.4) is 0 Å². The maximum Gasteiger partial charge on any atom is 0.259 e. The molecule has 1 heterocycles. The highest BCUT2D eigenvalue weighted by Gasteiger charge is 2.10. The van der Waals surface area contributed by atoms with Crippen LogP contribution in [-0.4, -0.2) is 32.6 Å². The molecule has 1 amide bonds. The Morgan fingerprint density at radius 1 is 0.667 bits per heavy atom. The van der Waals surface area contributed by atoms with Crippen molar-refractivity contribution in [2.45, 2.75) is 149 Å². The van der Waals surface area contributed by atoms with E-state index >= 15 is 0 Å². The van der Waals surface area contributed by atoms with Gasteiger partial charge in [-0.25, -0.2) is 0 Å². The zero-order valence-electron chi connectivity index (χ0n) is 25.6. The van der Waals surface area contributed by atoms with E-state index < -0.39 is 0 Å². The average Bonchev–Trinajstić information content (AvgIpc) is 2.95. The van der Waals surface area contributed by atoms with Crippen LogP contribution in [0.2, 0.25) is 0 Å². The summed E-state index contributed by atoms with van der Waals surface area (Å²) in [5.41, 5.74) is 0.593. The SMILES string of the molecule is CCCCCCCCCCCCOCOCNC(=O)c1ccc[n+](COCCCCCCCCCCCC)c1. The summed E-state index contributed by atoms with van der Waals surface area (Å²) in [7, 11) is 0. The predicted octanol–water partition coefficient (Wildman–Crippen LogP) is 8.47. The first-order valence-electron chi connectivity index (χ1n) is 16.3. The third-order valence-corrected chi connectivity index (χ3v) is 7.15. The van der Waals surface area contributed by atoms with E-state index in [1.807, 2.05) is 23.0 Å². The van der Waals surface area contributed by atoms with Crippen LogP contribution in [0.25, 0.3) is 0 Å². The molecule has 0 aliphatic heterocycles. The molecule has 0 fully saturated rings. The van der Waals surface area contributed by atoms with Crippen molar-refractivity contribution >= 4 is 5.91 Å². The molecule has 0 unspecified atom stereocenters. The number of aromatic nitrogens is 1. The monoisotopic (exact) mass is 549 g/mol. The summed E-state index contributed by atoms with van der Waals surface area (Å²) in [6.07, 6.45) is 30.1. The highest BCUT2D eigenvalue weighted by Crippen LogP contribution is 2.11. The molecular formula is C33H61N2O4+. The molecule has 1 N–H and O–H groups in total. The fourth-order valence-corrected chi connectivity index (χ4v) is 4.67. The molecule has 0 radical (unpaired) electrons. The number of carbonyl (C=O) groups excluding carboxylic acids is 1. The Hall–Kier alpha value is -1.50. The van der Waals surface area contributed by atoms with E-state index in [1.165, 1.54) is 116 Å². The summed E-state index contributed by atoms with van der Waals surface area (Å²) in [6.45, 7) is 6.80. The van der Waals surface area contributed by atoms with E-state index in [2.05, 4.69) is 19.2 Å². The minimum atomic E-state index is -0.159. The molecule has 39 heavy (non-hydrogen) atoms. The molecule has 0 saturated carbocycles. The fourth-order valence-electron chi connectivity index (χ4n) is 4.67. The van der Waals surface area contributed by atoms with Gasteiger partial charge in [-0.3, -0.25) is 4.79 Å². The van der Waals surface area contributed by atoms with Crippen molar-refractivity contribution in [1.82, 2.24) is 5.32 Å². The van der Waals surface area contributed by atoms with E-state index in [9.17, 15) is 4.79 Å². The van der Waals surface area contributed by atoms with Crippen LogP contribution in [-0.2, 0) is 20.9 Å². The van der Waals surface area contributed by atoms with Gasteiger partial charge in [0.1, 0.15) is 19.1 Å². The second kappa shape index (κ2) is 28.0. The molecule has 6 nitrogen and oxygen atoms in total. The lowest BCUT2D eigenvalue weighted by atomic mass is 10.1. The molecule has 226 valence electrons. The zero-order valence-corrected chi connectivity index (χ0v) is 25.6. The summed E-state index contributed by atoms with van der Waals surface area (Å²) in [5.74, 6) is -0.159. The topological polar surface area (TPSA) is 60.7 Å². The Labute approximate surface area is 240 Å². The van der Waals surface area contributed by atoms with E-state index in [0.717, 1.165) is 19.4 Å². The Bertz CT molecular complexity index is 671. The number of pyridine rings is 1. The second-order valence-corrected chi connectivity index (χ2v) is 10.9. The number of unbranched alkanes of at least 4 members (excludes halogenated alkanes) is 18. The third-order valence-electron chi connectivity index (χ3n) is 7.15. The number of hydrogen-bond acceptors (Lipinski definition) is 4. The lowest BCUT2D eigenvalue weighted by Gasteiger charge is -2.08. The first kappa shape index (κ1) is 35.5. The van der Waals surface area contributed by atoms with E-state index in [-0.39, 0.29) is 19.4 Å². The summed E-state index contributed by atoms with van der Waals surface area (Å²) in [6, 6.07) is 3.67. The van der Waals surface area contributed by atoms with Gasteiger partial charge in [-0.15, -0.1) is 0 Å². The van der Waals surface area contributed by atoms with Gasteiger partial charge in [0.2, 0.25) is 0 Å². The lowest BCUT2D eigenvalue weighted by Crippen LogP contribution is -2.37. The number of nitrogens with one attached hydrogen (secondary N) is 1. The van der Waals surface area contributed by atoms with Gasteiger partial charge in [-0.05, 0) is 18.9 Å². The van der Waals surface area contributed by atoms with Gasteiger partial charge in [-0.1, -0.05) is 129 Å². The largest absolute Gasteiger partial charge is 0.355 e. The van der Waals surface area contributed by atoms with Crippen LogP contribution in [0.5, 0.6) is 0 Å². The maximum atomic E-state index is 12.4. The number of carbonyl (C=O) groups is 1. The highest BCUT2D eigenvalue weighted by molar-refractivity contribution is 5.93. The number of rotatable bonds is 29.